The van der Waals surface area contributed by atoms with Gasteiger partial charge in [0.15, 0.2) is 0 Å². The van der Waals surface area contributed by atoms with Crippen LogP contribution in [0, 0.1) is 0 Å². The van der Waals surface area contributed by atoms with Gasteiger partial charge in [0.05, 0.1) is 12.1 Å². The maximum Gasteiger partial charge on any atom is 0.220 e. The first-order valence-electron chi connectivity index (χ1n) is 6.62. The number of aromatic nitrogens is 1. The van der Waals surface area contributed by atoms with Crippen LogP contribution in [0.1, 0.15) is 37.7 Å². The van der Waals surface area contributed by atoms with E-state index in [1.54, 1.807) is 12.4 Å². The molecular formula is C14H20N2O2. The summed E-state index contributed by atoms with van der Waals surface area (Å²) in [6.45, 7) is 0. The molecule has 1 saturated carbocycles. The topological polar surface area (TPSA) is 62.2 Å². The third-order valence-corrected chi connectivity index (χ3v) is 3.47. The van der Waals surface area contributed by atoms with Gasteiger partial charge in [0, 0.05) is 18.8 Å². The number of rotatable bonds is 4. The van der Waals surface area contributed by atoms with Gasteiger partial charge in [-0.1, -0.05) is 12.8 Å². The minimum atomic E-state index is -0.372. The third kappa shape index (κ3) is 3.81. The van der Waals surface area contributed by atoms with Crippen molar-refractivity contribution in [3.8, 4) is 0 Å². The molecule has 0 unspecified atom stereocenters. The van der Waals surface area contributed by atoms with E-state index in [0.717, 1.165) is 37.7 Å². The molecule has 2 atom stereocenters. The highest BCUT2D eigenvalue weighted by Gasteiger charge is 2.24. The first kappa shape index (κ1) is 13.0. The van der Waals surface area contributed by atoms with Crippen LogP contribution in [0.2, 0.25) is 0 Å². The molecule has 4 nitrogen and oxygen atoms in total. The Morgan fingerprint density at radius 2 is 2.06 bits per heavy atom. The average molecular weight is 248 g/mol. The van der Waals surface area contributed by atoms with Gasteiger partial charge in [0.2, 0.25) is 5.91 Å². The summed E-state index contributed by atoms with van der Waals surface area (Å²) in [5, 5.41) is 12.7. The Kier molecular flexibility index (Phi) is 4.70. The van der Waals surface area contributed by atoms with Gasteiger partial charge >= 0.3 is 0 Å². The fourth-order valence-electron chi connectivity index (χ4n) is 2.37. The van der Waals surface area contributed by atoms with E-state index in [4.69, 9.17) is 0 Å². The van der Waals surface area contributed by atoms with E-state index in [1.165, 1.54) is 0 Å². The van der Waals surface area contributed by atoms with Crippen LogP contribution < -0.4 is 5.32 Å². The van der Waals surface area contributed by atoms with Crippen molar-refractivity contribution < 1.29 is 9.90 Å². The molecule has 1 fully saturated rings. The number of nitrogens with zero attached hydrogens (tertiary/aromatic N) is 1. The molecule has 0 aliphatic heterocycles. The lowest BCUT2D eigenvalue weighted by atomic mass is 9.92. The fraction of sp³-hybridized carbons (Fsp3) is 0.571. The molecule has 2 rings (SSSR count). The Balaban J connectivity index is 1.75. The highest BCUT2D eigenvalue weighted by molar-refractivity contribution is 5.76. The molecule has 1 aromatic rings. The average Bonchev–Trinajstić information content (AvgIpc) is 2.40. The number of hydrogen-bond acceptors (Lipinski definition) is 3. The van der Waals surface area contributed by atoms with Gasteiger partial charge in [0.25, 0.3) is 0 Å². The minimum absolute atomic E-state index is 0.0257. The highest BCUT2D eigenvalue weighted by atomic mass is 16.3. The van der Waals surface area contributed by atoms with Crippen LogP contribution in [-0.2, 0) is 11.2 Å². The molecule has 0 bridgehead atoms. The number of amides is 1. The van der Waals surface area contributed by atoms with E-state index >= 15 is 0 Å². The van der Waals surface area contributed by atoms with Crippen LogP contribution in [0.5, 0.6) is 0 Å². The first-order valence-corrected chi connectivity index (χ1v) is 6.62. The van der Waals surface area contributed by atoms with Gasteiger partial charge in [-0.2, -0.15) is 0 Å². The number of aryl methyl sites for hydroxylation is 1. The maximum absolute atomic E-state index is 11.8. The molecular weight excluding hydrogens is 228 g/mol. The summed E-state index contributed by atoms with van der Waals surface area (Å²) in [5.41, 5.74) is 1.12. The largest absolute Gasteiger partial charge is 0.391 e. The van der Waals surface area contributed by atoms with Gasteiger partial charge < -0.3 is 10.4 Å². The Hall–Kier alpha value is -1.42. The monoisotopic (exact) mass is 248 g/mol. The Bertz CT molecular complexity index is 381. The number of aliphatic hydroxyl groups is 1. The van der Waals surface area contributed by atoms with Crippen LogP contribution in [0.3, 0.4) is 0 Å². The van der Waals surface area contributed by atoms with Crippen LogP contribution in [0.4, 0.5) is 0 Å². The van der Waals surface area contributed by atoms with Crippen LogP contribution >= 0.6 is 0 Å². The standard InChI is InChI=1S/C14H20N2O2/c17-13-4-2-1-3-12(13)16-14(18)6-5-11-7-9-15-10-8-11/h7-10,12-13,17H,1-6H2,(H,16,18)/t12-,13-/m1/s1. The van der Waals surface area contributed by atoms with Gasteiger partial charge in [-0.25, -0.2) is 0 Å². The number of nitrogens with one attached hydrogen (secondary N) is 1. The van der Waals surface area contributed by atoms with E-state index in [2.05, 4.69) is 10.3 Å². The summed E-state index contributed by atoms with van der Waals surface area (Å²) in [4.78, 5) is 15.7. The molecule has 1 heterocycles. The summed E-state index contributed by atoms with van der Waals surface area (Å²) in [6, 6.07) is 3.79. The van der Waals surface area contributed by atoms with Gasteiger partial charge in [-0.05, 0) is 37.0 Å². The van der Waals surface area contributed by atoms with Crippen LogP contribution in [0.25, 0.3) is 0 Å². The molecule has 1 aromatic heterocycles. The van der Waals surface area contributed by atoms with Crippen molar-refractivity contribution in [2.45, 2.75) is 50.7 Å². The predicted octanol–water partition coefficient (Wildman–Crippen LogP) is 1.43. The summed E-state index contributed by atoms with van der Waals surface area (Å²) in [6.07, 6.45) is 8.12. The number of carbonyl (C=O) groups is 1. The van der Waals surface area contributed by atoms with Crippen LogP contribution in [0.15, 0.2) is 24.5 Å². The molecule has 4 heteroatoms. The number of hydrogen-bond donors (Lipinski definition) is 2. The summed E-state index contributed by atoms with van der Waals surface area (Å²) >= 11 is 0. The second-order valence-electron chi connectivity index (χ2n) is 4.88. The smallest absolute Gasteiger partial charge is 0.220 e. The SMILES string of the molecule is O=C(CCc1ccncc1)N[C@@H]1CCCC[C@H]1O. The molecule has 98 valence electrons. The van der Waals surface area contributed by atoms with E-state index < -0.39 is 0 Å². The third-order valence-electron chi connectivity index (χ3n) is 3.47. The Labute approximate surface area is 107 Å². The zero-order chi connectivity index (χ0) is 12.8. The fourth-order valence-corrected chi connectivity index (χ4v) is 2.37. The van der Waals surface area contributed by atoms with Crippen molar-refractivity contribution in [1.82, 2.24) is 10.3 Å². The minimum Gasteiger partial charge on any atom is -0.391 e. The van der Waals surface area contributed by atoms with Gasteiger partial charge in [-0.3, -0.25) is 9.78 Å². The zero-order valence-corrected chi connectivity index (χ0v) is 10.5. The van der Waals surface area contributed by atoms with Gasteiger partial charge in [0.1, 0.15) is 0 Å². The highest BCUT2D eigenvalue weighted by Crippen LogP contribution is 2.18. The normalized spacial score (nSPS) is 23.6. The summed E-state index contributed by atoms with van der Waals surface area (Å²) < 4.78 is 0. The molecule has 18 heavy (non-hydrogen) atoms. The molecule has 1 amide bonds. The lowest BCUT2D eigenvalue weighted by Gasteiger charge is -2.28. The van der Waals surface area contributed by atoms with E-state index in [-0.39, 0.29) is 18.1 Å². The molecule has 0 saturated heterocycles. The summed E-state index contributed by atoms with van der Waals surface area (Å²) in [5.74, 6) is 0.0257. The van der Waals surface area contributed by atoms with Crippen molar-refractivity contribution in [2.24, 2.45) is 0 Å². The Morgan fingerprint density at radius 1 is 1.33 bits per heavy atom. The molecule has 0 aromatic carbocycles. The zero-order valence-electron chi connectivity index (χ0n) is 10.5. The molecule has 0 spiro atoms. The van der Waals surface area contributed by atoms with Crippen molar-refractivity contribution >= 4 is 5.91 Å². The van der Waals surface area contributed by atoms with E-state index in [0.29, 0.717) is 6.42 Å². The number of pyridine rings is 1. The lowest BCUT2D eigenvalue weighted by Crippen LogP contribution is -2.45. The van der Waals surface area contributed by atoms with E-state index in [9.17, 15) is 9.90 Å². The van der Waals surface area contributed by atoms with Crippen molar-refractivity contribution in [3.63, 3.8) is 0 Å². The van der Waals surface area contributed by atoms with Crippen molar-refractivity contribution in [2.75, 3.05) is 0 Å². The van der Waals surface area contributed by atoms with Gasteiger partial charge in [-0.15, -0.1) is 0 Å². The predicted molar refractivity (Wildman–Crippen MR) is 69.0 cm³/mol. The Morgan fingerprint density at radius 3 is 2.78 bits per heavy atom. The number of carbonyl (C=O) groups excluding carboxylic acids is 1. The molecule has 1 aliphatic rings. The van der Waals surface area contributed by atoms with Crippen molar-refractivity contribution in [1.29, 1.82) is 0 Å². The molecule has 1 aliphatic carbocycles. The lowest BCUT2D eigenvalue weighted by molar-refractivity contribution is -0.123. The second kappa shape index (κ2) is 6.50. The van der Waals surface area contributed by atoms with Crippen LogP contribution in [-0.4, -0.2) is 28.1 Å². The molecule has 0 radical (unpaired) electrons. The van der Waals surface area contributed by atoms with E-state index in [1.807, 2.05) is 12.1 Å². The first-order chi connectivity index (χ1) is 8.75. The quantitative estimate of drug-likeness (QED) is 0.847. The molecule has 2 N–H and O–H groups in total. The van der Waals surface area contributed by atoms with Crippen molar-refractivity contribution in [3.05, 3.63) is 30.1 Å². The maximum atomic E-state index is 11.8. The summed E-state index contributed by atoms with van der Waals surface area (Å²) in [7, 11) is 0. The number of aliphatic hydroxyl groups excluding tert-OH is 1. The second-order valence-corrected chi connectivity index (χ2v) is 4.88.